The van der Waals surface area contributed by atoms with Gasteiger partial charge in [0, 0.05) is 6.26 Å². The minimum Gasteiger partial charge on any atom is -0.469 e. The lowest BCUT2D eigenvalue weighted by atomic mass is 9.99. The molecule has 0 N–H and O–H groups in total. The van der Waals surface area contributed by atoms with Gasteiger partial charge in [-0.2, -0.15) is 0 Å². The monoisotopic (exact) mass is 256 g/mol. The van der Waals surface area contributed by atoms with Crippen LogP contribution in [0.1, 0.15) is 17.0 Å². The van der Waals surface area contributed by atoms with Crippen molar-refractivity contribution in [2.24, 2.45) is 0 Å². The first-order valence-corrected chi connectivity index (χ1v) is 7.21. The molecule has 0 radical (unpaired) electrons. The molecule has 0 heterocycles. The fourth-order valence-corrected chi connectivity index (χ4v) is 2.57. The summed E-state index contributed by atoms with van der Waals surface area (Å²) in [4.78, 5) is 11.6. The van der Waals surface area contributed by atoms with E-state index in [-0.39, 0.29) is 5.75 Å². The van der Waals surface area contributed by atoms with Crippen LogP contribution in [-0.2, 0) is 19.4 Å². The van der Waals surface area contributed by atoms with Crippen LogP contribution < -0.4 is 0 Å². The molecule has 0 amide bonds. The Morgan fingerprint density at radius 3 is 2.53 bits per heavy atom. The van der Waals surface area contributed by atoms with Crippen molar-refractivity contribution in [1.82, 2.24) is 0 Å². The van der Waals surface area contributed by atoms with E-state index in [4.69, 9.17) is 0 Å². The van der Waals surface area contributed by atoms with Crippen molar-refractivity contribution in [3.63, 3.8) is 0 Å². The Bertz CT molecular complexity index is 505. The van der Waals surface area contributed by atoms with Crippen LogP contribution >= 0.6 is 0 Å². The number of carbonyl (C=O) groups excluding carboxylic acids is 1. The number of esters is 1. The number of carbonyl (C=O) groups is 1. The van der Waals surface area contributed by atoms with Crippen molar-refractivity contribution in [3.05, 3.63) is 35.4 Å². The molecule has 1 rings (SSSR count). The highest BCUT2D eigenvalue weighted by molar-refractivity contribution is 7.90. The lowest BCUT2D eigenvalue weighted by Gasteiger charge is -2.14. The SMILES string of the molecule is COC(=O)C(CS(C)(=O)=O)c1cccc(C)c1. The number of ether oxygens (including phenoxy) is 1. The fourth-order valence-electron chi connectivity index (χ4n) is 1.63. The molecule has 0 aliphatic heterocycles. The average molecular weight is 256 g/mol. The van der Waals surface area contributed by atoms with Crippen LogP contribution in [0.5, 0.6) is 0 Å². The summed E-state index contributed by atoms with van der Waals surface area (Å²) in [5.74, 6) is -1.51. The first-order valence-electron chi connectivity index (χ1n) is 5.15. The average Bonchev–Trinajstić information content (AvgIpc) is 2.23. The van der Waals surface area contributed by atoms with Crippen LogP contribution in [0.25, 0.3) is 0 Å². The minimum atomic E-state index is -3.24. The summed E-state index contributed by atoms with van der Waals surface area (Å²) in [6.07, 6.45) is 1.11. The molecule has 1 atom stereocenters. The summed E-state index contributed by atoms with van der Waals surface area (Å²) in [5.41, 5.74) is 1.65. The molecule has 0 spiro atoms. The van der Waals surface area contributed by atoms with Gasteiger partial charge in [-0.1, -0.05) is 29.8 Å². The number of aryl methyl sites for hydroxylation is 1. The van der Waals surface area contributed by atoms with Crippen LogP contribution in [0.15, 0.2) is 24.3 Å². The molecule has 0 bridgehead atoms. The molecule has 0 saturated carbocycles. The fraction of sp³-hybridized carbons (Fsp3) is 0.417. The van der Waals surface area contributed by atoms with E-state index in [0.29, 0.717) is 5.56 Å². The molecule has 1 aromatic carbocycles. The van der Waals surface area contributed by atoms with E-state index < -0.39 is 21.7 Å². The summed E-state index contributed by atoms with van der Waals surface area (Å²) in [7, 11) is -1.98. The Labute approximate surface area is 102 Å². The zero-order chi connectivity index (χ0) is 13.1. The predicted molar refractivity (Wildman–Crippen MR) is 65.6 cm³/mol. The first kappa shape index (κ1) is 13.7. The standard InChI is InChI=1S/C12H16O4S/c1-9-5-4-6-10(7-9)11(12(13)16-2)8-17(3,14)15/h4-7,11H,8H2,1-3H3. The maximum atomic E-state index is 11.6. The molecule has 4 nitrogen and oxygen atoms in total. The third-order valence-corrected chi connectivity index (χ3v) is 3.34. The zero-order valence-corrected chi connectivity index (χ0v) is 11.0. The van der Waals surface area contributed by atoms with Crippen LogP contribution in [0, 0.1) is 6.92 Å². The van der Waals surface area contributed by atoms with E-state index >= 15 is 0 Å². The van der Waals surface area contributed by atoms with Gasteiger partial charge in [0.25, 0.3) is 0 Å². The summed E-state index contributed by atoms with van der Waals surface area (Å²) < 4.78 is 27.3. The summed E-state index contributed by atoms with van der Waals surface area (Å²) in [6, 6.07) is 7.22. The number of methoxy groups -OCH3 is 1. The molecule has 0 aromatic heterocycles. The molecule has 94 valence electrons. The number of rotatable bonds is 4. The maximum absolute atomic E-state index is 11.6. The summed E-state index contributed by atoms with van der Waals surface area (Å²) in [6.45, 7) is 1.89. The molecular weight excluding hydrogens is 240 g/mol. The highest BCUT2D eigenvalue weighted by Gasteiger charge is 2.25. The van der Waals surface area contributed by atoms with E-state index in [1.165, 1.54) is 7.11 Å². The Balaban J connectivity index is 3.11. The second-order valence-corrected chi connectivity index (χ2v) is 6.27. The lowest BCUT2D eigenvalue weighted by Crippen LogP contribution is -2.22. The lowest BCUT2D eigenvalue weighted by molar-refractivity contribution is -0.141. The third-order valence-electron chi connectivity index (χ3n) is 2.40. The highest BCUT2D eigenvalue weighted by atomic mass is 32.2. The zero-order valence-electron chi connectivity index (χ0n) is 10.1. The van der Waals surface area contributed by atoms with Gasteiger partial charge in [-0.15, -0.1) is 0 Å². The van der Waals surface area contributed by atoms with Gasteiger partial charge in [0.1, 0.15) is 9.84 Å². The van der Waals surface area contributed by atoms with Crippen molar-refractivity contribution in [1.29, 1.82) is 0 Å². The van der Waals surface area contributed by atoms with E-state index in [1.54, 1.807) is 18.2 Å². The van der Waals surface area contributed by atoms with E-state index in [0.717, 1.165) is 11.8 Å². The van der Waals surface area contributed by atoms with Gasteiger partial charge in [0.15, 0.2) is 0 Å². The van der Waals surface area contributed by atoms with Crippen molar-refractivity contribution >= 4 is 15.8 Å². The first-order chi connectivity index (χ1) is 7.83. The number of hydrogen-bond acceptors (Lipinski definition) is 4. The normalized spacial score (nSPS) is 13.1. The van der Waals surface area contributed by atoms with Crippen molar-refractivity contribution in [2.45, 2.75) is 12.8 Å². The van der Waals surface area contributed by atoms with E-state index in [2.05, 4.69) is 4.74 Å². The molecular formula is C12H16O4S. The van der Waals surface area contributed by atoms with E-state index in [9.17, 15) is 13.2 Å². The summed E-state index contributed by atoms with van der Waals surface area (Å²) in [5, 5.41) is 0. The smallest absolute Gasteiger partial charge is 0.314 e. The topological polar surface area (TPSA) is 60.4 Å². The molecule has 17 heavy (non-hydrogen) atoms. The Morgan fingerprint density at radius 2 is 2.06 bits per heavy atom. The molecule has 0 aliphatic carbocycles. The number of hydrogen-bond donors (Lipinski definition) is 0. The Hall–Kier alpha value is -1.36. The van der Waals surface area contributed by atoms with Gasteiger partial charge >= 0.3 is 5.97 Å². The van der Waals surface area contributed by atoms with Crippen molar-refractivity contribution < 1.29 is 17.9 Å². The maximum Gasteiger partial charge on any atom is 0.314 e. The van der Waals surface area contributed by atoms with Gasteiger partial charge in [-0.05, 0) is 12.5 Å². The minimum absolute atomic E-state index is 0.233. The van der Waals surface area contributed by atoms with Gasteiger partial charge < -0.3 is 4.74 Å². The number of sulfone groups is 1. The quantitative estimate of drug-likeness (QED) is 0.762. The van der Waals surface area contributed by atoms with Crippen molar-refractivity contribution in [3.8, 4) is 0 Å². The second kappa shape index (κ2) is 5.31. The highest BCUT2D eigenvalue weighted by Crippen LogP contribution is 2.20. The Kier molecular flexibility index (Phi) is 4.28. The molecule has 0 aliphatic rings. The largest absolute Gasteiger partial charge is 0.469 e. The molecule has 1 aromatic rings. The van der Waals surface area contributed by atoms with Crippen molar-refractivity contribution in [2.75, 3.05) is 19.1 Å². The van der Waals surface area contributed by atoms with Crippen LogP contribution in [0.3, 0.4) is 0 Å². The van der Waals surface area contributed by atoms with Gasteiger partial charge in [-0.3, -0.25) is 4.79 Å². The van der Waals surface area contributed by atoms with Gasteiger partial charge in [0.2, 0.25) is 0 Å². The predicted octanol–water partition coefficient (Wildman–Crippen LogP) is 1.30. The van der Waals surface area contributed by atoms with Crippen LogP contribution in [0.4, 0.5) is 0 Å². The molecule has 5 heteroatoms. The number of benzene rings is 1. The molecule has 0 fully saturated rings. The van der Waals surface area contributed by atoms with Crippen LogP contribution in [-0.4, -0.2) is 33.5 Å². The molecule has 1 unspecified atom stereocenters. The van der Waals surface area contributed by atoms with Crippen LogP contribution in [0.2, 0.25) is 0 Å². The second-order valence-electron chi connectivity index (χ2n) is 4.08. The summed E-state index contributed by atoms with van der Waals surface area (Å²) >= 11 is 0. The van der Waals surface area contributed by atoms with Gasteiger partial charge in [-0.25, -0.2) is 8.42 Å². The molecule has 0 saturated heterocycles. The Morgan fingerprint density at radius 1 is 1.41 bits per heavy atom. The third kappa shape index (κ3) is 4.19. The van der Waals surface area contributed by atoms with E-state index in [1.807, 2.05) is 13.0 Å². The van der Waals surface area contributed by atoms with Gasteiger partial charge in [0.05, 0.1) is 18.8 Å².